The van der Waals surface area contributed by atoms with E-state index in [0.717, 1.165) is 10.9 Å². The van der Waals surface area contributed by atoms with Crippen LogP contribution in [0, 0.1) is 11.3 Å². The molecule has 4 rings (SSSR count). The normalized spacial score (nSPS) is 10.6. The molecule has 0 bridgehead atoms. The van der Waals surface area contributed by atoms with Gasteiger partial charge in [-0.3, -0.25) is 4.79 Å². The second-order valence-corrected chi connectivity index (χ2v) is 5.91. The fraction of sp³-hybridized carbons (Fsp3) is 0. The van der Waals surface area contributed by atoms with Gasteiger partial charge in [-0.05, 0) is 41.6 Å². The Morgan fingerprint density at radius 2 is 2.08 bits per heavy atom. The SMILES string of the molecule is N#Cc1ccc(NC(=O)c2cc3ccc(Cl)cc3[nH]2)c(-c2nn[nH]n2)c1. The lowest BCUT2D eigenvalue weighted by molar-refractivity contribution is 0.102. The van der Waals surface area contributed by atoms with Crippen molar-refractivity contribution < 1.29 is 4.79 Å². The van der Waals surface area contributed by atoms with Gasteiger partial charge >= 0.3 is 0 Å². The average Bonchev–Trinajstić information content (AvgIpc) is 3.31. The molecule has 0 saturated heterocycles. The lowest BCUT2D eigenvalue weighted by Crippen LogP contribution is -2.13. The minimum Gasteiger partial charge on any atom is -0.350 e. The van der Waals surface area contributed by atoms with Gasteiger partial charge in [-0.1, -0.05) is 17.7 Å². The smallest absolute Gasteiger partial charge is 0.272 e. The Labute approximate surface area is 151 Å². The number of nitrogens with one attached hydrogen (secondary N) is 3. The van der Waals surface area contributed by atoms with Crippen LogP contribution < -0.4 is 5.32 Å². The molecule has 126 valence electrons. The van der Waals surface area contributed by atoms with Crippen LogP contribution in [0.15, 0.2) is 42.5 Å². The van der Waals surface area contributed by atoms with Crippen LogP contribution in [-0.2, 0) is 0 Å². The summed E-state index contributed by atoms with van der Waals surface area (Å²) >= 11 is 5.97. The molecule has 9 heteroatoms. The summed E-state index contributed by atoms with van der Waals surface area (Å²) in [7, 11) is 0. The average molecular weight is 364 g/mol. The highest BCUT2D eigenvalue weighted by molar-refractivity contribution is 6.31. The zero-order valence-corrected chi connectivity index (χ0v) is 13.9. The second-order valence-electron chi connectivity index (χ2n) is 5.48. The van der Waals surface area contributed by atoms with E-state index in [-0.39, 0.29) is 11.7 Å². The Kier molecular flexibility index (Phi) is 3.84. The zero-order chi connectivity index (χ0) is 18.1. The number of aromatic amines is 2. The standard InChI is InChI=1S/C17H10ClN7O/c18-11-3-2-10-6-15(20-14(10)7-11)17(26)21-13-4-1-9(8-19)5-12(13)16-22-24-25-23-16/h1-7,20H,(H,21,26)(H,22,23,24,25). The third-order valence-electron chi connectivity index (χ3n) is 3.81. The van der Waals surface area contributed by atoms with E-state index in [0.29, 0.717) is 27.5 Å². The fourth-order valence-electron chi connectivity index (χ4n) is 2.59. The summed E-state index contributed by atoms with van der Waals surface area (Å²) in [6.45, 7) is 0. The number of hydrogen-bond donors (Lipinski definition) is 3. The van der Waals surface area contributed by atoms with Crippen LogP contribution in [-0.4, -0.2) is 31.5 Å². The van der Waals surface area contributed by atoms with Crippen molar-refractivity contribution in [1.82, 2.24) is 25.6 Å². The number of anilines is 1. The number of carbonyl (C=O) groups is 1. The Hall–Kier alpha value is -3.70. The van der Waals surface area contributed by atoms with E-state index in [1.54, 1.807) is 36.4 Å². The molecular formula is C17H10ClN7O. The number of aromatic nitrogens is 5. The molecule has 0 aliphatic rings. The van der Waals surface area contributed by atoms with Crippen LogP contribution in [0.25, 0.3) is 22.3 Å². The molecule has 0 atom stereocenters. The quantitative estimate of drug-likeness (QED) is 0.516. The van der Waals surface area contributed by atoms with E-state index in [9.17, 15) is 4.79 Å². The Morgan fingerprint density at radius 3 is 2.85 bits per heavy atom. The van der Waals surface area contributed by atoms with Crippen molar-refractivity contribution in [3.05, 3.63) is 58.7 Å². The highest BCUT2D eigenvalue weighted by atomic mass is 35.5. The summed E-state index contributed by atoms with van der Waals surface area (Å²) in [6, 6.07) is 13.9. The minimum absolute atomic E-state index is 0.279. The number of carbonyl (C=O) groups excluding carboxylic acids is 1. The van der Waals surface area contributed by atoms with Crippen molar-refractivity contribution in [3.8, 4) is 17.5 Å². The van der Waals surface area contributed by atoms with Crippen LogP contribution in [0.2, 0.25) is 5.02 Å². The van der Waals surface area contributed by atoms with Gasteiger partial charge in [-0.2, -0.15) is 10.5 Å². The van der Waals surface area contributed by atoms with Crippen molar-refractivity contribution in [2.24, 2.45) is 0 Å². The first-order valence-electron chi connectivity index (χ1n) is 7.51. The minimum atomic E-state index is -0.341. The number of tetrazole rings is 1. The molecule has 0 unspecified atom stereocenters. The molecule has 0 fully saturated rings. The van der Waals surface area contributed by atoms with Gasteiger partial charge in [0, 0.05) is 21.5 Å². The molecule has 0 aliphatic heterocycles. The molecule has 4 aromatic rings. The Balaban J connectivity index is 1.70. The van der Waals surface area contributed by atoms with Crippen molar-refractivity contribution in [2.75, 3.05) is 5.32 Å². The van der Waals surface area contributed by atoms with Crippen LogP contribution in [0.3, 0.4) is 0 Å². The molecule has 0 spiro atoms. The van der Waals surface area contributed by atoms with E-state index in [2.05, 4.69) is 30.9 Å². The first kappa shape index (κ1) is 15.8. The molecule has 26 heavy (non-hydrogen) atoms. The van der Waals surface area contributed by atoms with Gasteiger partial charge in [0.25, 0.3) is 5.91 Å². The van der Waals surface area contributed by atoms with Crippen molar-refractivity contribution in [3.63, 3.8) is 0 Å². The zero-order valence-electron chi connectivity index (χ0n) is 13.1. The summed E-state index contributed by atoms with van der Waals surface area (Å²) in [4.78, 5) is 15.7. The van der Waals surface area contributed by atoms with Gasteiger partial charge in [-0.25, -0.2) is 0 Å². The summed E-state index contributed by atoms with van der Waals surface area (Å²) in [5.41, 5.74) is 2.52. The van der Waals surface area contributed by atoms with Crippen LogP contribution in [0.4, 0.5) is 5.69 Å². The molecule has 0 aliphatic carbocycles. The number of halogens is 1. The van der Waals surface area contributed by atoms with Gasteiger partial charge in [0.05, 0.1) is 17.3 Å². The molecule has 2 aromatic carbocycles. The van der Waals surface area contributed by atoms with E-state index >= 15 is 0 Å². The number of H-pyrrole nitrogens is 2. The number of benzene rings is 2. The molecule has 8 nitrogen and oxygen atoms in total. The van der Waals surface area contributed by atoms with Crippen molar-refractivity contribution >= 4 is 34.1 Å². The number of fused-ring (bicyclic) bond motifs is 1. The first-order chi connectivity index (χ1) is 12.6. The molecular weight excluding hydrogens is 354 g/mol. The summed E-state index contributed by atoms with van der Waals surface area (Å²) < 4.78 is 0. The lowest BCUT2D eigenvalue weighted by atomic mass is 10.1. The van der Waals surface area contributed by atoms with E-state index in [1.165, 1.54) is 0 Å². The fourth-order valence-corrected chi connectivity index (χ4v) is 2.77. The third kappa shape index (κ3) is 2.87. The summed E-state index contributed by atoms with van der Waals surface area (Å²) in [5.74, 6) is -0.0624. The highest BCUT2D eigenvalue weighted by Crippen LogP contribution is 2.27. The largest absolute Gasteiger partial charge is 0.350 e. The maximum atomic E-state index is 12.6. The predicted octanol–water partition coefficient (Wildman–Crippen LogP) is 3.13. The van der Waals surface area contributed by atoms with Gasteiger partial charge in [0.2, 0.25) is 5.82 Å². The number of rotatable bonds is 3. The van der Waals surface area contributed by atoms with Crippen LogP contribution in [0.1, 0.15) is 16.1 Å². The van der Waals surface area contributed by atoms with Crippen molar-refractivity contribution in [2.45, 2.75) is 0 Å². The van der Waals surface area contributed by atoms with E-state index in [1.807, 2.05) is 12.1 Å². The summed E-state index contributed by atoms with van der Waals surface area (Å²) in [5, 5.41) is 27.1. The van der Waals surface area contributed by atoms with Gasteiger partial charge in [0.1, 0.15) is 5.69 Å². The van der Waals surface area contributed by atoms with E-state index in [4.69, 9.17) is 16.9 Å². The maximum absolute atomic E-state index is 12.6. The molecule has 0 radical (unpaired) electrons. The lowest BCUT2D eigenvalue weighted by Gasteiger charge is -2.08. The first-order valence-corrected chi connectivity index (χ1v) is 7.89. The predicted molar refractivity (Wildman–Crippen MR) is 95.6 cm³/mol. The summed E-state index contributed by atoms with van der Waals surface area (Å²) in [6.07, 6.45) is 0. The van der Waals surface area contributed by atoms with Gasteiger partial charge < -0.3 is 10.3 Å². The molecule has 2 heterocycles. The topological polar surface area (TPSA) is 123 Å². The Bertz CT molecular complexity index is 1160. The van der Waals surface area contributed by atoms with Crippen molar-refractivity contribution in [1.29, 1.82) is 5.26 Å². The maximum Gasteiger partial charge on any atom is 0.272 e. The molecule has 2 aromatic heterocycles. The molecule has 3 N–H and O–H groups in total. The molecule has 0 saturated carbocycles. The van der Waals surface area contributed by atoms with Crippen LogP contribution >= 0.6 is 11.6 Å². The number of nitrogens with zero attached hydrogens (tertiary/aromatic N) is 4. The monoisotopic (exact) mass is 363 g/mol. The number of hydrogen-bond acceptors (Lipinski definition) is 5. The molecule has 1 amide bonds. The second kappa shape index (κ2) is 6.31. The van der Waals surface area contributed by atoms with Gasteiger partial charge in [0.15, 0.2) is 0 Å². The third-order valence-corrected chi connectivity index (χ3v) is 4.05. The number of amides is 1. The van der Waals surface area contributed by atoms with Gasteiger partial charge in [-0.15, -0.1) is 10.2 Å². The Morgan fingerprint density at radius 1 is 1.19 bits per heavy atom. The highest BCUT2D eigenvalue weighted by Gasteiger charge is 2.15. The van der Waals surface area contributed by atoms with E-state index < -0.39 is 0 Å². The number of nitriles is 1. The van der Waals surface area contributed by atoms with Crippen LogP contribution in [0.5, 0.6) is 0 Å².